The topological polar surface area (TPSA) is 119 Å². The lowest BCUT2D eigenvalue weighted by Crippen LogP contribution is -2.24. The van der Waals surface area contributed by atoms with Gasteiger partial charge < -0.3 is 15.2 Å². The van der Waals surface area contributed by atoms with E-state index < -0.39 is 16.5 Å². The molecule has 0 unspecified atom stereocenters. The summed E-state index contributed by atoms with van der Waals surface area (Å²) in [4.78, 5) is 34.7. The molecule has 188 valence electrons. The fraction of sp³-hybridized carbons (Fsp3) is 0.286. The van der Waals surface area contributed by atoms with E-state index in [0.717, 1.165) is 16.7 Å². The van der Waals surface area contributed by atoms with Crippen molar-refractivity contribution in [2.45, 2.75) is 52.2 Å². The zero-order chi connectivity index (χ0) is 26.3. The summed E-state index contributed by atoms with van der Waals surface area (Å²) in [5, 5.41) is 23.7. The van der Waals surface area contributed by atoms with Gasteiger partial charge in [0.1, 0.15) is 5.60 Å². The van der Waals surface area contributed by atoms with Crippen molar-refractivity contribution >= 4 is 23.3 Å². The summed E-state index contributed by atoms with van der Waals surface area (Å²) in [5.41, 5.74) is 4.11. The van der Waals surface area contributed by atoms with Crippen LogP contribution in [0.25, 0.3) is 11.1 Å². The maximum absolute atomic E-state index is 12.2. The van der Waals surface area contributed by atoms with Crippen LogP contribution < -0.4 is 5.32 Å². The maximum Gasteiger partial charge on any atom is 0.306 e. The summed E-state index contributed by atoms with van der Waals surface area (Å²) in [5.74, 6) is -0.681. The van der Waals surface area contributed by atoms with Crippen LogP contribution in [0.5, 0.6) is 0 Å². The van der Waals surface area contributed by atoms with Gasteiger partial charge >= 0.3 is 5.97 Å². The highest BCUT2D eigenvalue weighted by molar-refractivity contribution is 5.92. The summed E-state index contributed by atoms with van der Waals surface area (Å²) in [6.45, 7) is 5.16. The summed E-state index contributed by atoms with van der Waals surface area (Å²) in [6, 6.07) is 19.4. The van der Waals surface area contributed by atoms with Gasteiger partial charge in [-0.15, -0.1) is 0 Å². The molecule has 0 saturated heterocycles. The SMILES string of the molecule is CC(C)(C)OC(=O)CCC(=O)Nc1ccc(Cc2ccc(CO)c(-c3cccc([N+](=O)[O-])c3)c2)cc1. The first-order chi connectivity index (χ1) is 17.0. The summed E-state index contributed by atoms with van der Waals surface area (Å²) < 4.78 is 5.22. The van der Waals surface area contributed by atoms with Gasteiger partial charge in [0.05, 0.1) is 18.0 Å². The van der Waals surface area contributed by atoms with Crippen molar-refractivity contribution < 1.29 is 24.4 Å². The molecule has 3 rings (SSSR count). The van der Waals surface area contributed by atoms with Crippen LogP contribution >= 0.6 is 0 Å². The number of nitrogens with zero attached hydrogens (tertiary/aromatic N) is 1. The molecule has 8 heteroatoms. The molecule has 0 radical (unpaired) electrons. The van der Waals surface area contributed by atoms with Crippen molar-refractivity contribution in [1.29, 1.82) is 0 Å². The van der Waals surface area contributed by atoms with Crippen LogP contribution in [0, 0.1) is 10.1 Å². The number of esters is 1. The molecule has 0 aliphatic rings. The number of carbonyl (C=O) groups excluding carboxylic acids is 2. The highest BCUT2D eigenvalue weighted by Crippen LogP contribution is 2.29. The molecule has 0 aromatic heterocycles. The van der Waals surface area contributed by atoms with E-state index in [0.29, 0.717) is 23.2 Å². The maximum atomic E-state index is 12.2. The van der Waals surface area contributed by atoms with Crippen LogP contribution in [0.15, 0.2) is 66.7 Å². The Balaban J connectivity index is 1.65. The lowest BCUT2D eigenvalue weighted by atomic mass is 9.94. The Morgan fingerprint density at radius 1 is 0.972 bits per heavy atom. The van der Waals surface area contributed by atoms with Crippen molar-refractivity contribution in [1.82, 2.24) is 0 Å². The number of non-ortho nitro benzene ring substituents is 1. The van der Waals surface area contributed by atoms with E-state index in [4.69, 9.17) is 4.74 Å². The van der Waals surface area contributed by atoms with Gasteiger partial charge in [-0.25, -0.2) is 0 Å². The third-order valence-electron chi connectivity index (χ3n) is 5.33. The van der Waals surface area contributed by atoms with Crippen LogP contribution in [0.4, 0.5) is 11.4 Å². The van der Waals surface area contributed by atoms with Gasteiger partial charge in [-0.05, 0) is 67.1 Å². The number of hydrogen-bond acceptors (Lipinski definition) is 6. The Hall–Kier alpha value is -4.04. The van der Waals surface area contributed by atoms with Gasteiger partial charge in [0, 0.05) is 24.2 Å². The lowest BCUT2D eigenvalue weighted by molar-refractivity contribution is -0.384. The number of anilines is 1. The molecule has 0 saturated carbocycles. The Morgan fingerprint density at radius 3 is 2.31 bits per heavy atom. The monoisotopic (exact) mass is 490 g/mol. The fourth-order valence-electron chi connectivity index (χ4n) is 3.70. The van der Waals surface area contributed by atoms with Gasteiger partial charge in [-0.3, -0.25) is 19.7 Å². The van der Waals surface area contributed by atoms with Crippen LogP contribution in [0.2, 0.25) is 0 Å². The Kier molecular flexibility index (Phi) is 8.55. The highest BCUT2D eigenvalue weighted by Gasteiger charge is 2.17. The molecular formula is C28H30N2O6. The average molecular weight is 491 g/mol. The first-order valence-electron chi connectivity index (χ1n) is 11.6. The zero-order valence-electron chi connectivity index (χ0n) is 20.6. The number of aliphatic hydroxyl groups excluding tert-OH is 1. The van der Waals surface area contributed by atoms with Crippen molar-refractivity contribution in [3.63, 3.8) is 0 Å². The largest absolute Gasteiger partial charge is 0.460 e. The molecule has 3 aromatic carbocycles. The molecule has 0 heterocycles. The minimum Gasteiger partial charge on any atom is -0.460 e. The first-order valence-corrected chi connectivity index (χ1v) is 11.6. The number of nitrogens with one attached hydrogen (secondary N) is 1. The molecule has 3 aromatic rings. The molecule has 0 aliphatic heterocycles. The van der Waals surface area contributed by atoms with E-state index in [2.05, 4.69) is 5.32 Å². The second-order valence-corrected chi connectivity index (χ2v) is 9.47. The van der Waals surface area contributed by atoms with Gasteiger partial charge in [-0.1, -0.05) is 42.5 Å². The lowest BCUT2D eigenvalue weighted by Gasteiger charge is -2.19. The molecule has 1 amide bonds. The number of nitro benzene ring substituents is 1. The van der Waals surface area contributed by atoms with Crippen LogP contribution in [0.3, 0.4) is 0 Å². The van der Waals surface area contributed by atoms with E-state index in [1.807, 2.05) is 30.3 Å². The van der Waals surface area contributed by atoms with Gasteiger partial charge in [-0.2, -0.15) is 0 Å². The van der Waals surface area contributed by atoms with E-state index in [1.165, 1.54) is 12.1 Å². The average Bonchev–Trinajstić information content (AvgIpc) is 2.83. The predicted octanol–water partition coefficient (Wildman–Crippen LogP) is 5.41. The van der Waals surface area contributed by atoms with E-state index >= 15 is 0 Å². The van der Waals surface area contributed by atoms with Crippen LogP contribution in [-0.4, -0.2) is 27.5 Å². The van der Waals surface area contributed by atoms with Gasteiger partial charge in [0.2, 0.25) is 5.91 Å². The number of nitro groups is 1. The van der Waals surface area contributed by atoms with Crippen molar-refractivity contribution in [2.24, 2.45) is 0 Å². The second-order valence-electron chi connectivity index (χ2n) is 9.47. The molecule has 8 nitrogen and oxygen atoms in total. The third kappa shape index (κ3) is 7.74. The van der Waals surface area contributed by atoms with E-state index in [9.17, 15) is 24.8 Å². The number of ether oxygens (including phenoxy) is 1. The summed E-state index contributed by atoms with van der Waals surface area (Å²) in [7, 11) is 0. The van der Waals surface area contributed by atoms with Crippen molar-refractivity contribution in [3.8, 4) is 11.1 Å². The molecule has 0 aliphatic carbocycles. The quantitative estimate of drug-likeness (QED) is 0.235. The Labute approximate surface area is 210 Å². The molecule has 0 fully saturated rings. The van der Waals surface area contributed by atoms with Crippen molar-refractivity contribution in [2.75, 3.05) is 5.32 Å². The number of aliphatic hydroxyl groups is 1. The highest BCUT2D eigenvalue weighted by atomic mass is 16.6. The van der Waals surface area contributed by atoms with Gasteiger partial charge in [0.15, 0.2) is 0 Å². The summed E-state index contributed by atoms with van der Waals surface area (Å²) >= 11 is 0. The van der Waals surface area contributed by atoms with Crippen LogP contribution in [0.1, 0.15) is 50.3 Å². The molecule has 0 spiro atoms. The number of carbonyl (C=O) groups is 2. The number of amides is 1. The van der Waals surface area contributed by atoms with Crippen LogP contribution in [-0.2, 0) is 27.4 Å². The Bertz CT molecular complexity index is 1250. The molecular weight excluding hydrogens is 460 g/mol. The number of benzene rings is 3. The predicted molar refractivity (Wildman–Crippen MR) is 137 cm³/mol. The van der Waals surface area contributed by atoms with Crippen molar-refractivity contribution in [3.05, 3.63) is 93.5 Å². The fourth-order valence-corrected chi connectivity index (χ4v) is 3.70. The third-order valence-corrected chi connectivity index (χ3v) is 5.33. The first kappa shape index (κ1) is 26.6. The zero-order valence-corrected chi connectivity index (χ0v) is 20.6. The smallest absolute Gasteiger partial charge is 0.306 e. The minimum absolute atomic E-state index is 0.00877. The minimum atomic E-state index is -0.582. The standard InChI is InChI=1S/C28H30N2O6/c1-28(2,3)36-27(33)14-13-26(32)29-23-11-8-19(9-12-23)15-20-7-10-22(18-31)25(16-20)21-5-4-6-24(17-21)30(34)35/h4-12,16-17,31H,13-15,18H2,1-3H3,(H,29,32). The second kappa shape index (κ2) is 11.6. The molecule has 36 heavy (non-hydrogen) atoms. The van der Waals surface area contributed by atoms with E-state index in [1.54, 1.807) is 45.0 Å². The normalized spacial score (nSPS) is 11.1. The van der Waals surface area contributed by atoms with Gasteiger partial charge in [0.25, 0.3) is 5.69 Å². The Morgan fingerprint density at radius 2 is 1.67 bits per heavy atom. The van der Waals surface area contributed by atoms with E-state index in [-0.39, 0.29) is 31.0 Å². The molecule has 0 bridgehead atoms. The molecule has 2 N–H and O–H groups in total. The summed E-state index contributed by atoms with van der Waals surface area (Å²) in [6.07, 6.45) is 0.646. The number of hydrogen-bond donors (Lipinski definition) is 2. The number of rotatable bonds is 9. The molecule has 0 atom stereocenters.